The molecule has 1 saturated heterocycles. The number of oxazole rings is 1. The third-order valence-electron chi connectivity index (χ3n) is 5.10. The number of hydrogen-bond acceptors (Lipinski definition) is 7. The second-order valence-electron chi connectivity index (χ2n) is 8.83. The molecule has 1 aromatic heterocycles. The van der Waals surface area contributed by atoms with Crippen molar-refractivity contribution in [3.05, 3.63) is 47.2 Å². The van der Waals surface area contributed by atoms with Crippen molar-refractivity contribution >= 4 is 5.97 Å². The van der Waals surface area contributed by atoms with Crippen LogP contribution in [0.15, 0.2) is 28.7 Å². The first kappa shape index (κ1) is 22.3. The van der Waals surface area contributed by atoms with Crippen LogP contribution in [0.2, 0.25) is 0 Å². The topological polar surface area (TPSA) is 80.0 Å². The summed E-state index contributed by atoms with van der Waals surface area (Å²) in [6.45, 7) is 10.9. The van der Waals surface area contributed by atoms with Gasteiger partial charge in [0.1, 0.15) is 23.8 Å². The Kier molecular flexibility index (Phi) is 6.53. The molecule has 1 fully saturated rings. The van der Waals surface area contributed by atoms with Crippen LogP contribution in [-0.2, 0) is 37.4 Å². The van der Waals surface area contributed by atoms with Crippen molar-refractivity contribution in [2.45, 2.75) is 58.8 Å². The van der Waals surface area contributed by atoms with Gasteiger partial charge in [0.25, 0.3) is 5.79 Å². The molecule has 2 aromatic rings. The molecular weight excluding hydrogens is 386 g/mol. The molecule has 0 N–H and O–H groups in total. The fourth-order valence-corrected chi connectivity index (χ4v) is 3.15. The maximum Gasteiger partial charge on any atom is 0.366 e. The van der Waals surface area contributed by atoms with Crippen molar-refractivity contribution in [2.75, 3.05) is 20.3 Å². The fraction of sp³-hybridized carbons (Fsp3) is 0.565. The summed E-state index contributed by atoms with van der Waals surface area (Å²) in [4.78, 5) is 16.3. The van der Waals surface area contributed by atoms with Crippen molar-refractivity contribution in [3.8, 4) is 5.75 Å². The Labute approximate surface area is 177 Å². The molecule has 1 aliphatic rings. The molecule has 0 unspecified atom stereocenters. The Morgan fingerprint density at radius 2 is 1.83 bits per heavy atom. The fourth-order valence-electron chi connectivity index (χ4n) is 3.15. The van der Waals surface area contributed by atoms with Crippen LogP contribution in [0, 0.1) is 12.8 Å². The number of esters is 1. The van der Waals surface area contributed by atoms with Crippen LogP contribution in [0.1, 0.15) is 50.6 Å². The first-order valence-corrected chi connectivity index (χ1v) is 10.2. The number of hydrogen-bond donors (Lipinski definition) is 0. The molecule has 1 aromatic carbocycles. The minimum absolute atomic E-state index is 0.133. The van der Waals surface area contributed by atoms with Gasteiger partial charge in [-0.15, -0.1) is 0 Å². The van der Waals surface area contributed by atoms with E-state index in [4.69, 9.17) is 23.4 Å². The highest BCUT2D eigenvalue weighted by atomic mass is 16.7. The van der Waals surface area contributed by atoms with Crippen LogP contribution in [0.5, 0.6) is 5.75 Å². The predicted molar refractivity (Wildman–Crippen MR) is 110 cm³/mol. The molecule has 0 radical (unpaired) electrons. The van der Waals surface area contributed by atoms with Crippen LogP contribution >= 0.6 is 0 Å². The van der Waals surface area contributed by atoms with Gasteiger partial charge in [0.05, 0.1) is 20.3 Å². The standard InChI is InChI=1S/C23H31NO6/c1-15-19(24-20(30-15)22(2,3)4)14-27-18-9-7-16(8-10-18)11-17-12-28-23(5,29-13-17)21(25)26-6/h7-10,17H,11-14H2,1-6H3/t17-,23-. The van der Waals surface area contributed by atoms with Gasteiger partial charge in [-0.1, -0.05) is 32.9 Å². The molecule has 0 atom stereocenters. The quantitative estimate of drug-likeness (QED) is 0.658. The van der Waals surface area contributed by atoms with E-state index >= 15 is 0 Å². The SMILES string of the molecule is COC(=O)[C@]1(C)OC[C@@H](Cc2ccc(OCc3nc(C(C)(C)C)oc3C)cc2)CO1. The van der Waals surface area contributed by atoms with E-state index in [1.807, 2.05) is 31.2 Å². The molecule has 0 bridgehead atoms. The molecule has 0 spiro atoms. The Morgan fingerprint density at radius 1 is 1.20 bits per heavy atom. The van der Waals surface area contributed by atoms with Crippen molar-refractivity contribution in [2.24, 2.45) is 5.92 Å². The monoisotopic (exact) mass is 417 g/mol. The number of methoxy groups -OCH3 is 1. The third-order valence-corrected chi connectivity index (χ3v) is 5.10. The number of nitrogens with zero attached hydrogens (tertiary/aromatic N) is 1. The number of carbonyl (C=O) groups is 1. The molecule has 0 amide bonds. The van der Waals surface area contributed by atoms with Gasteiger partial charge in [0.2, 0.25) is 0 Å². The summed E-state index contributed by atoms with van der Waals surface area (Å²) >= 11 is 0. The molecule has 30 heavy (non-hydrogen) atoms. The highest BCUT2D eigenvalue weighted by molar-refractivity contribution is 5.77. The summed E-state index contributed by atoms with van der Waals surface area (Å²) in [6.07, 6.45) is 0.787. The van der Waals surface area contributed by atoms with Gasteiger partial charge in [0.15, 0.2) is 5.89 Å². The van der Waals surface area contributed by atoms with E-state index in [0.29, 0.717) is 25.7 Å². The summed E-state index contributed by atoms with van der Waals surface area (Å²) in [5.41, 5.74) is 1.83. The zero-order valence-electron chi connectivity index (χ0n) is 18.6. The highest BCUT2D eigenvalue weighted by Gasteiger charge is 2.41. The van der Waals surface area contributed by atoms with E-state index in [1.165, 1.54) is 7.11 Å². The van der Waals surface area contributed by atoms with Gasteiger partial charge >= 0.3 is 5.97 Å². The minimum atomic E-state index is -1.31. The lowest BCUT2D eigenvalue weighted by atomic mass is 9.97. The average molecular weight is 418 g/mol. The van der Waals surface area contributed by atoms with E-state index in [0.717, 1.165) is 29.2 Å². The first-order valence-electron chi connectivity index (χ1n) is 10.2. The molecule has 0 saturated carbocycles. The molecule has 1 aliphatic heterocycles. The first-order chi connectivity index (χ1) is 14.1. The van der Waals surface area contributed by atoms with Crippen LogP contribution in [-0.4, -0.2) is 37.1 Å². The van der Waals surface area contributed by atoms with Gasteiger partial charge in [-0.25, -0.2) is 9.78 Å². The second kappa shape index (κ2) is 8.78. The summed E-state index contributed by atoms with van der Waals surface area (Å²) in [5.74, 6) is 0.618. The number of aromatic nitrogens is 1. The van der Waals surface area contributed by atoms with E-state index in [-0.39, 0.29) is 11.3 Å². The Bertz CT molecular complexity index is 857. The Hall–Kier alpha value is -2.38. The minimum Gasteiger partial charge on any atom is -0.487 e. The zero-order valence-corrected chi connectivity index (χ0v) is 18.6. The van der Waals surface area contributed by atoms with Gasteiger partial charge in [0, 0.05) is 18.3 Å². The third kappa shape index (κ3) is 5.21. The molecule has 3 rings (SSSR count). The number of carbonyl (C=O) groups excluding carboxylic acids is 1. The highest BCUT2D eigenvalue weighted by Crippen LogP contribution is 2.26. The lowest BCUT2D eigenvalue weighted by Crippen LogP contribution is -2.48. The molecule has 7 nitrogen and oxygen atoms in total. The van der Waals surface area contributed by atoms with Crippen LogP contribution in [0.25, 0.3) is 0 Å². The average Bonchev–Trinajstić information content (AvgIpc) is 3.10. The largest absolute Gasteiger partial charge is 0.487 e. The van der Waals surface area contributed by atoms with Crippen LogP contribution in [0.4, 0.5) is 0 Å². The Morgan fingerprint density at radius 3 is 2.37 bits per heavy atom. The van der Waals surface area contributed by atoms with Crippen molar-refractivity contribution < 1.29 is 28.2 Å². The van der Waals surface area contributed by atoms with Crippen molar-refractivity contribution in [3.63, 3.8) is 0 Å². The maximum absolute atomic E-state index is 11.7. The summed E-state index contributed by atoms with van der Waals surface area (Å²) < 4.78 is 27.6. The van der Waals surface area contributed by atoms with E-state index in [2.05, 4.69) is 25.8 Å². The lowest BCUT2D eigenvalue weighted by molar-refractivity contribution is -0.272. The number of rotatable bonds is 6. The summed E-state index contributed by atoms with van der Waals surface area (Å²) in [6, 6.07) is 7.94. The molecule has 7 heteroatoms. The zero-order chi connectivity index (χ0) is 21.9. The lowest BCUT2D eigenvalue weighted by Gasteiger charge is -2.35. The van der Waals surface area contributed by atoms with E-state index in [9.17, 15) is 4.79 Å². The van der Waals surface area contributed by atoms with Gasteiger partial charge < -0.3 is 23.4 Å². The number of benzene rings is 1. The number of ether oxygens (including phenoxy) is 4. The molecular formula is C23H31NO6. The molecule has 2 heterocycles. The van der Waals surface area contributed by atoms with Crippen LogP contribution < -0.4 is 4.74 Å². The van der Waals surface area contributed by atoms with Crippen LogP contribution in [0.3, 0.4) is 0 Å². The Balaban J connectivity index is 1.51. The van der Waals surface area contributed by atoms with Gasteiger partial charge in [-0.05, 0) is 31.0 Å². The van der Waals surface area contributed by atoms with Gasteiger partial charge in [-0.3, -0.25) is 0 Å². The smallest absolute Gasteiger partial charge is 0.366 e. The van der Waals surface area contributed by atoms with Gasteiger partial charge in [-0.2, -0.15) is 0 Å². The summed E-state index contributed by atoms with van der Waals surface area (Å²) in [5, 5.41) is 0. The second-order valence-corrected chi connectivity index (χ2v) is 8.83. The van der Waals surface area contributed by atoms with Crippen molar-refractivity contribution in [1.82, 2.24) is 4.98 Å². The van der Waals surface area contributed by atoms with E-state index < -0.39 is 11.8 Å². The van der Waals surface area contributed by atoms with Crippen molar-refractivity contribution in [1.29, 1.82) is 0 Å². The van der Waals surface area contributed by atoms with E-state index in [1.54, 1.807) is 6.92 Å². The molecule has 164 valence electrons. The normalized spacial score (nSPS) is 22.0. The molecule has 0 aliphatic carbocycles. The predicted octanol–water partition coefficient (Wildman–Crippen LogP) is 3.95. The summed E-state index contributed by atoms with van der Waals surface area (Å²) in [7, 11) is 1.32. The maximum atomic E-state index is 11.7. The number of aryl methyl sites for hydroxylation is 1.